The molecule has 0 aliphatic carbocycles. The Morgan fingerprint density at radius 3 is 2.86 bits per heavy atom. The lowest BCUT2D eigenvalue weighted by atomic mass is 10.2. The van der Waals surface area contributed by atoms with Crippen molar-refractivity contribution in [1.82, 2.24) is 5.32 Å². The number of nitrogens with one attached hydrogen (secondary N) is 1. The highest BCUT2D eigenvalue weighted by atomic mass is 35.5. The van der Waals surface area contributed by atoms with Gasteiger partial charge in [0.1, 0.15) is 5.75 Å². The summed E-state index contributed by atoms with van der Waals surface area (Å²) >= 11 is 5.96. The van der Waals surface area contributed by atoms with Gasteiger partial charge in [0.25, 0.3) is 5.91 Å². The lowest BCUT2D eigenvalue weighted by Gasteiger charge is -2.21. The van der Waals surface area contributed by atoms with Crippen LogP contribution in [0.5, 0.6) is 5.75 Å². The minimum absolute atomic E-state index is 0.163. The average molecular weight is 347 g/mol. The smallest absolute Gasteiger partial charge is 0.261 e. The molecule has 22 heavy (non-hydrogen) atoms. The van der Waals surface area contributed by atoms with Crippen molar-refractivity contribution in [2.45, 2.75) is 25.9 Å². The fourth-order valence-corrected chi connectivity index (χ4v) is 3.35. The first-order chi connectivity index (χ1) is 10.3. The zero-order valence-electron chi connectivity index (χ0n) is 12.5. The van der Waals surface area contributed by atoms with E-state index >= 15 is 0 Å². The quantitative estimate of drug-likeness (QED) is 0.901. The number of carbonyl (C=O) groups is 1. The standard InChI is InChI=1S/C14H19ClN2O4S/c1-3-7-16-14(18)13-6-8-17(22(2,19)20)11-9-10(15)4-5-12(11)21-13/h4-5,9,13H,3,6-8H2,1-2H3,(H,16,18)/t13-/m0/s1. The van der Waals surface area contributed by atoms with Gasteiger partial charge in [-0.1, -0.05) is 18.5 Å². The van der Waals surface area contributed by atoms with Crippen LogP contribution in [0.15, 0.2) is 18.2 Å². The second-order valence-corrected chi connectivity index (χ2v) is 7.48. The molecule has 122 valence electrons. The molecular weight excluding hydrogens is 328 g/mol. The normalized spacial score (nSPS) is 18.1. The van der Waals surface area contributed by atoms with E-state index < -0.39 is 16.1 Å². The van der Waals surface area contributed by atoms with Crippen molar-refractivity contribution in [3.05, 3.63) is 23.2 Å². The van der Waals surface area contributed by atoms with Gasteiger partial charge < -0.3 is 10.1 Å². The fraction of sp³-hybridized carbons (Fsp3) is 0.500. The molecule has 1 amide bonds. The van der Waals surface area contributed by atoms with Crippen LogP contribution in [0.4, 0.5) is 5.69 Å². The van der Waals surface area contributed by atoms with Gasteiger partial charge >= 0.3 is 0 Å². The van der Waals surface area contributed by atoms with Gasteiger partial charge in [-0.2, -0.15) is 0 Å². The molecular formula is C14H19ClN2O4S. The van der Waals surface area contributed by atoms with Crippen molar-refractivity contribution in [3.63, 3.8) is 0 Å². The highest BCUT2D eigenvalue weighted by molar-refractivity contribution is 7.92. The topological polar surface area (TPSA) is 75.7 Å². The van der Waals surface area contributed by atoms with Crippen LogP contribution in [-0.2, 0) is 14.8 Å². The van der Waals surface area contributed by atoms with Crippen LogP contribution in [0.25, 0.3) is 0 Å². The number of amides is 1. The van der Waals surface area contributed by atoms with E-state index in [4.69, 9.17) is 16.3 Å². The number of anilines is 1. The molecule has 0 saturated heterocycles. The van der Waals surface area contributed by atoms with Crippen LogP contribution in [0.2, 0.25) is 5.02 Å². The van der Waals surface area contributed by atoms with E-state index in [0.29, 0.717) is 23.0 Å². The van der Waals surface area contributed by atoms with Gasteiger partial charge in [-0.05, 0) is 24.6 Å². The lowest BCUT2D eigenvalue weighted by molar-refractivity contribution is -0.128. The molecule has 2 rings (SSSR count). The Labute approximate surface area is 135 Å². The summed E-state index contributed by atoms with van der Waals surface area (Å²) < 4.78 is 30.9. The third-order valence-electron chi connectivity index (χ3n) is 3.30. The summed E-state index contributed by atoms with van der Waals surface area (Å²) in [6.45, 7) is 2.68. The highest BCUT2D eigenvalue weighted by Gasteiger charge is 2.31. The summed E-state index contributed by atoms with van der Waals surface area (Å²) in [5.41, 5.74) is 0.362. The van der Waals surface area contributed by atoms with E-state index in [-0.39, 0.29) is 18.9 Å². The second-order valence-electron chi connectivity index (χ2n) is 5.13. The summed E-state index contributed by atoms with van der Waals surface area (Å²) in [5, 5.41) is 3.17. The van der Waals surface area contributed by atoms with E-state index in [0.717, 1.165) is 12.7 Å². The molecule has 6 nitrogen and oxygen atoms in total. The van der Waals surface area contributed by atoms with Gasteiger partial charge in [-0.3, -0.25) is 9.10 Å². The largest absolute Gasteiger partial charge is 0.478 e. The van der Waals surface area contributed by atoms with Gasteiger partial charge in [0, 0.05) is 24.5 Å². The lowest BCUT2D eigenvalue weighted by Crippen LogP contribution is -2.40. The molecule has 0 bridgehead atoms. The molecule has 0 fully saturated rings. The van der Waals surface area contributed by atoms with E-state index in [9.17, 15) is 13.2 Å². The Bertz CT molecular complexity index is 663. The predicted molar refractivity (Wildman–Crippen MR) is 86.0 cm³/mol. The van der Waals surface area contributed by atoms with E-state index in [1.807, 2.05) is 6.92 Å². The molecule has 1 aromatic rings. The number of hydrogen-bond donors (Lipinski definition) is 1. The minimum Gasteiger partial charge on any atom is -0.478 e. The summed E-state index contributed by atoms with van der Waals surface area (Å²) in [6.07, 6.45) is 1.49. The molecule has 1 aliphatic rings. The van der Waals surface area contributed by atoms with Gasteiger partial charge in [0.2, 0.25) is 10.0 Å². The Hall–Kier alpha value is -1.47. The first-order valence-corrected chi connectivity index (χ1v) is 9.27. The first kappa shape index (κ1) is 16.9. The maximum absolute atomic E-state index is 12.1. The summed E-state index contributed by atoms with van der Waals surface area (Å²) in [7, 11) is -3.48. The maximum Gasteiger partial charge on any atom is 0.261 e. The molecule has 1 N–H and O–H groups in total. The zero-order valence-corrected chi connectivity index (χ0v) is 14.1. The third-order valence-corrected chi connectivity index (χ3v) is 4.71. The molecule has 0 radical (unpaired) electrons. The van der Waals surface area contributed by atoms with Crippen molar-refractivity contribution in [2.24, 2.45) is 0 Å². The summed E-state index contributed by atoms with van der Waals surface area (Å²) in [4.78, 5) is 12.1. The van der Waals surface area contributed by atoms with Crippen molar-refractivity contribution < 1.29 is 17.9 Å². The number of benzene rings is 1. The van der Waals surface area contributed by atoms with Crippen LogP contribution in [0, 0.1) is 0 Å². The highest BCUT2D eigenvalue weighted by Crippen LogP contribution is 2.36. The third kappa shape index (κ3) is 3.84. The number of halogens is 1. The molecule has 0 unspecified atom stereocenters. The molecule has 1 aromatic carbocycles. The fourth-order valence-electron chi connectivity index (χ4n) is 2.24. The number of ether oxygens (including phenoxy) is 1. The molecule has 0 saturated carbocycles. The molecule has 0 aromatic heterocycles. The first-order valence-electron chi connectivity index (χ1n) is 7.04. The van der Waals surface area contributed by atoms with Crippen molar-refractivity contribution in [3.8, 4) is 5.75 Å². The minimum atomic E-state index is -3.48. The second kappa shape index (κ2) is 6.75. The SMILES string of the molecule is CCCNC(=O)[C@@H]1CCN(S(C)(=O)=O)c2cc(Cl)ccc2O1. The summed E-state index contributed by atoms with van der Waals surface area (Å²) in [6, 6.07) is 4.72. The van der Waals surface area contributed by atoms with Crippen LogP contribution >= 0.6 is 11.6 Å². The Morgan fingerprint density at radius 2 is 2.23 bits per heavy atom. The number of sulfonamides is 1. The number of carbonyl (C=O) groups excluding carboxylic acids is 1. The van der Waals surface area contributed by atoms with Crippen molar-refractivity contribution >= 4 is 33.2 Å². The van der Waals surface area contributed by atoms with Crippen LogP contribution < -0.4 is 14.4 Å². The predicted octanol–water partition coefficient (Wildman–Crippen LogP) is 1.78. The van der Waals surface area contributed by atoms with Gasteiger partial charge in [0.05, 0.1) is 11.9 Å². The van der Waals surface area contributed by atoms with Crippen LogP contribution in [0.3, 0.4) is 0 Å². The maximum atomic E-state index is 12.1. The average Bonchev–Trinajstić information content (AvgIpc) is 2.63. The number of nitrogens with zero attached hydrogens (tertiary/aromatic N) is 1. The molecule has 1 heterocycles. The Kier molecular flexibility index (Phi) is 5.18. The zero-order chi connectivity index (χ0) is 16.3. The van der Waals surface area contributed by atoms with E-state index in [1.165, 1.54) is 10.4 Å². The molecule has 0 spiro atoms. The number of fused-ring (bicyclic) bond motifs is 1. The molecule has 1 atom stereocenters. The number of hydrogen-bond acceptors (Lipinski definition) is 4. The van der Waals surface area contributed by atoms with Gasteiger partial charge in [0.15, 0.2) is 6.10 Å². The van der Waals surface area contributed by atoms with Crippen molar-refractivity contribution in [1.29, 1.82) is 0 Å². The monoisotopic (exact) mass is 346 g/mol. The number of rotatable bonds is 4. The van der Waals surface area contributed by atoms with Crippen LogP contribution in [-0.4, -0.2) is 39.8 Å². The Morgan fingerprint density at radius 1 is 1.50 bits per heavy atom. The van der Waals surface area contributed by atoms with Crippen LogP contribution in [0.1, 0.15) is 19.8 Å². The molecule has 1 aliphatic heterocycles. The molecule has 8 heteroatoms. The summed E-state index contributed by atoms with van der Waals surface area (Å²) in [5.74, 6) is 0.0991. The van der Waals surface area contributed by atoms with E-state index in [1.54, 1.807) is 12.1 Å². The Balaban J connectivity index is 2.34. The van der Waals surface area contributed by atoms with Gasteiger partial charge in [-0.15, -0.1) is 0 Å². The van der Waals surface area contributed by atoms with E-state index in [2.05, 4.69) is 5.32 Å². The van der Waals surface area contributed by atoms with Gasteiger partial charge in [-0.25, -0.2) is 8.42 Å². The van der Waals surface area contributed by atoms with Crippen molar-refractivity contribution in [2.75, 3.05) is 23.7 Å².